The van der Waals surface area contributed by atoms with Crippen molar-refractivity contribution in [3.63, 3.8) is 0 Å². The summed E-state index contributed by atoms with van der Waals surface area (Å²) in [5, 5.41) is 3.41. The number of halogens is 2. The van der Waals surface area contributed by atoms with Crippen LogP contribution in [-0.2, 0) is 10.0 Å². The van der Waals surface area contributed by atoms with Crippen LogP contribution in [0.5, 0.6) is 0 Å². The highest BCUT2D eigenvalue weighted by Gasteiger charge is 2.25. The highest BCUT2D eigenvalue weighted by atomic mass is 35.5. The Kier molecular flexibility index (Phi) is 8.62. The number of aromatic nitrogens is 4. The fourth-order valence-electron chi connectivity index (χ4n) is 4.73. The summed E-state index contributed by atoms with van der Waals surface area (Å²) >= 11 is 0. The largest absolute Gasteiger partial charge is 0.351 e. The number of hydrogen-bond acceptors (Lipinski definition) is 7. The number of anilines is 2. The molecule has 2 saturated carbocycles. The SMILES string of the molecule is Cl.Cl.NC1CCC(Nc2nc(NS(=O)(=O)c3ccccc3)c3ncn(C4CCCC4)c3n2)CC1. The standard InChI is InChI=1S/C22H29N7O2S.2ClH/c23-15-10-12-16(13-11-15)25-22-26-20(28-32(30,31)18-8-2-1-3-9-18)19-21(27-22)29(14-24-19)17-6-4-5-7-17;;/h1-3,8-9,14-17H,4-7,10-13,23H2,(H2,25,26,27,28);2*1H. The molecule has 1 aromatic carbocycles. The molecule has 0 spiro atoms. The predicted molar refractivity (Wildman–Crippen MR) is 138 cm³/mol. The highest BCUT2D eigenvalue weighted by Crippen LogP contribution is 2.33. The molecule has 2 aromatic heterocycles. The van der Waals surface area contributed by atoms with Gasteiger partial charge in [0.2, 0.25) is 5.95 Å². The van der Waals surface area contributed by atoms with Crippen LogP contribution in [-0.4, -0.2) is 40.0 Å². The molecule has 0 aliphatic heterocycles. The van der Waals surface area contributed by atoms with Gasteiger partial charge < -0.3 is 15.6 Å². The Morgan fingerprint density at radius 3 is 2.29 bits per heavy atom. The van der Waals surface area contributed by atoms with Gasteiger partial charge in [-0.3, -0.25) is 4.72 Å². The topological polar surface area (TPSA) is 128 Å². The molecule has 12 heteroatoms. The number of nitrogens with one attached hydrogen (secondary N) is 2. The van der Waals surface area contributed by atoms with Crippen LogP contribution in [0.4, 0.5) is 11.8 Å². The van der Waals surface area contributed by atoms with Crippen LogP contribution in [0, 0.1) is 0 Å². The Bertz CT molecular complexity index is 1190. The van der Waals surface area contributed by atoms with Crippen molar-refractivity contribution in [1.82, 2.24) is 19.5 Å². The van der Waals surface area contributed by atoms with Gasteiger partial charge in [0, 0.05) is 18.1 Å². The molecule has 4 N–H and O–H groups in total. The molecule has 0 unspecified atom stereocenters. The van der Waals surface area contributed by atoms with Gasteiger partial charge in [0.25, 0.3) is 10.0 Å². The number of nitrogens with two attached hydrogens (primary N) is 1. The van der Waals surface area contributed by atoms with E-state index >= 15 is 0 Å². The molecule has 0 amide bonds. The molecule has 0 saturated heterocycles. The third-order valence-corrected chi connectivity index (χ3v) is 7.88. The second kappa shape index (κ2) is 11.1. The van der Waals surface area contributed by atoms with Crippen LogP contribution in [0.25, 0.3) is 11.2 Å². The second-order valence-corrected chi connectivity index (χ2v) is 10.5. The van der Waals surface area contributed by atoms with Crippen LogP contribution in [0.3, 0.4) is 0 Å². The molecule has 2 aliphatic carbocycles. The molecule has 2 aliphatic rings. The molecule has 3 aromatic rings. The van der Waals surface area contributed by atoms with E-state index in [4.69, 9.17) is 10.7 Å². The first-order valence-electron chi connectivity index (χ1n) is 11.3. The number of sulfonamides is 1. The maximum atomic E-state index is 13.0. The normalized spacial score (nSPS) is 21.0. The van der Waals surface area contributed by atoms with Crippen LogP contribution in [0.2, 0.25) is 0 Å². The lowest BCUT2D eigenvalue weighted by molar-refractivity contribution is 0.410. The minimum absolute atomic E-state index is 0. The maximum Gasteiger partial charge on any atom is 0.263 e. The van der Waals surface area contributed by atoms with Gasteiger partial charge >= 0.3 is 0 Å². The number of imidazole rings is 1. The van der Waals surface area contributed by atoms with Crippen molar-refractivity contribution in [2.75, 3.05) is 10.0 Å². The van der Waals surface area contributed by atoms with Crippen molar-refractivity contribution in [2.45, 2.75) is 74.4 Å². The Balaban J connectivity index is 0.00000162. The maximum absolute atomic E-state index is 13.0. The zero-order valence-electron chi connectivity index (χ0n) is 18.8. The Morgan fingerprint density at radius 1 is 0.941 bits per heavy atom. The third-order valence-electron chi connectivity index (χ3n) is 6.53. The van der Waals surface area contributed by atoms with Crippen molar-refractivity contribution in [3.05, 3.63) is 36.7 Å². The van der Waals surface area contributed by atoms with E-state index in [-0.39, 0.29) is 47.6 Å². The zero-order chi connectivity index (χ0) is 22.1. The van der Waals surface area contributed by atoms with Gasteiger partial charge in [0.1, 0.15) is 0 Å². The Labute approximate surface area is 212 Å². The highest BCUT2D eigenvalue weighted by molar-refractivity contribution is 7.92. The van der Waals surface area contributed by atoms with Gasteiger partial charge in [-0.1, -0.05) is 31.0 Å². The van der Waals surface area contributed by atoms with Gasteiger partial charge in [0.05, 0.1) is 11.2 Å². The summed E-state index contributed by atoms with van der Waals surface area (Å²) in [5.74, 6) is 0.620. The number of rotatable bonds is 6. The van der Waals surface area contributed by atoms with Crippen molar-refractivity contribution >= 4 is 57.8 Å². The summed E-state index contributed by atoms with van der Waals surface area (Å²) in [6.07, 6.45) is 10.0. The van der Waals surface area contributed by atoms with E-state index in [9.17, 15) is 8.42 Å². The fourth-order valence-corrected chi connectivity index (χ4v) is 5.76. The van der Waals surface area contributed by atoms with Crippen molar-refractivity contribution in [2.24, 2.45) is 5.73 Å². The van der Waals surface area contributed by atoms with E-state index in [1.807, 2.05) is 0 Å². The Hall–Kier alpha value is -2.14. The summed E-state index contributed by atoms with van der Waals surface area (Å²) in [6, 6.07) is 9.07. The van der Waals surface area contributed by atoms with Gasteiger partial charge in [-0.25, -0.2) is 13.4 Å². The van der Waals surface area contributed by atoms with E-state index in [1.54, 1.807) is 36.7 Å². The van der Waals surface area contributed by atoms with E-state index in [2.05, 4.69) is 24.6 Å². The van der Waals surface area contributed by atoms with E-state index in [0.29, 0.717) is 23.2 Å². The fraction of sp³-hybridized carbons (Fsp3) is 0.500. The summed E-state index contributed by atoms with van der Waals surface area (Å²) in [7, 11) is -3.81. The predicted octanol–water partition coefficient (Wildman–Crippen LogP) is 4.27. The number of nitrogens with zero attached hydrogens (tertiary/aromatic N) is 4. The molecule has 34 heavy (non-hydrogen) atoms. The summed E-state index contributed by atoms with van der Waals surface area (Å²) in [5.41, 5.74) is 7.17. The zero-order valence-corrected chi connectivity index (χ0v) is 21.2. The molecule has 2 fully saturated rings. The Morgan fingerprint density at radius 2 is 1.62 bits per heavy atom. The first-order valence-corrected chi connectivity index (χ1v) is 12.8. The molecule has 2 heterocycles. The lowest BCUT2D eigenvalue weighted by Gasteiger charge is -2.27. The first kappa shape index (κ1) is 26.5. The average molecular weight is 529 g/mol. The van der Waals surface area contributed by atoms with E-state index in [0.717, 1.165) is 38.5 Å². The molecule has 186 valence electrons. The minimum atomic E-state index is -3.81. The molecule has 0 bridgehead atoms. The van der Waals surface area contributed by atoms with E-state index < -0.39 is 10.0 Å². The number of fused-ring (bicyclic) bond motifs is 1. The third kappa shape index (κ3) is 5.56. The van der Waals surface area contributed by atoms with Crippen LogP contribution in [0.15, 0.2) is 41.6 Å². The van der Waals surface area contributed by atoms with Crippen molar-refractivity contribution in [3.8, 4) is 0 Å². The van der Waals surface area contributed by atoms with E-state index in [1.165, 1.54) is 12.8 Å². The number of hydrogen-bond donors (Lipinski definition) is 3. The van der Waals surface area contributed by atoms with Crippen LogP contribution < -0.4 is 15.8 Å². The van der Waals surface area contributed by atoms with Gasteiger partial charge in [-0.05, 0) is 50.7 Å². The smallest absolute Gasteiger partial charge is 0.263 e. The van der Waals surface area contributed by atoms with Gasteiger partial charge in [-0.15, -0.1) is 24.8 Å². The van der Waals surface area contributed by atoms with Gasteiger partial charge in [0.15, 0.2) is 17.0 Å². The van der Waals surface area contributed by atoms with Crippen LogP contribution in [0.1, 0.15) is 57.4 Å². The summed E-state index contributed by atoms with van der Waals surface area (Å²) in [6.45, 7) is 0. The quantitative estimate of drug-likeness (QED) is 0.436. The number of benzene rings is 1. The molecular formula is C22H31Cl2N7O2S. The molecular weight excluding hydrogens is 497 g/mol. The lowest BCUT2D eigenvalue weighted by atomic mass is 9.92. The monoisotopic (exact) mass is 527 g/mol. The molecule has 9 nitrogen and oxygen atoms in total. The van der Waals surface area contributed by atoms with Crippen LogP contribution >= 0.6 is 24.8 Å². The van der Waals surface area contributed by atoms with Gasteiger partial charge in [-0.2, -0.15) is 9.97 Å². The van der Waals surface area contributed by atoms with Crippen molar-refractivity contribution < 1.29 is 8.42 Å². The summed E-state index contributed by atoms with van der Waals surface area (Å²) in [4.78, 5) is 14.0. The lowest BCUT2D eigenvalue weighted by Crippen LogP contribution is -2.33. The molecule has 0 atom stereocenters. The minimum Gasteiger partial charge on any atom is -0.351 e. The molecule has 5 rings (SSSR count). The average Bonchev–Trinajstić information content (AvgIpc) is 3.46. The first-order chi connectivity index (χ1) is 15.5. The molecule has 0 radical (unpaired) electrons. The van der Waals surface area contributed by atoms with Crippen molar-refractivity contribution in [1.29, 1.82) is 0 Å². The summed E-state index contributed by atoms with van der Waals surface area (Å²) < 4.78 is 30.7. The second-order valence-electron chi connectivity index (χ2n) is 8.83.